The minimum absolute atomic E-state index is 0.370. The number of aryl methyl sites for hydroxylation is 1. The fourth-order valence-electron chi connectivity index (χ4n) is 1.66. The molecule has 0 aliphatic heterocycles. The molecule has 0 saturated carbocycles. The molecule has 3 nitrogen and oxygen atoms in total. The van der Waals surface area contributed by atoms with Crippen LogP contribution in [0.5, 0.6) is 0 Å². The zero-order chi connectivity index (χ0) is 10.3. The van der Waals surface area contributed by atoms with Gasteiger partial charge in [0.05, 0.1) is 5.69 Å². The van der Waals surface area contributed by atoms with Crippen LogP contribution in [0.25, 0.3) is 5.65 Å². The second kappa shape index (κ2) is 3.01. The summed E-state index contributed by atoms with van der Waals surface area (Å²) in [5.74, 6) is 1.13. The normalized spacial score (nSPS) is 11.4. The van der Waals surface area contributed by atoms with Crippen molar-refractivity contribution in [3.63, 3.8) is 0 Å². The van der Waals surface area contributed by atoms with Crippen LogP contribution in [0.3, 0.4) is 0 Å². The van der Waals surface area contributed by atoms with Gasteiger partial charge < -0.3 is 5.73 Å². The predicted octanol–water partition coefficient (Wildman–Crippen LogP) is 2.35. The van der Waals surface area contributed by atoms with Gasteiger partial charge in [-0.3, -0.25) is 4.40 Å². The molecular weight excluding hydrogens is 174 g/mol. The van der Waals surface area contributed by atoms with Crippen molar-refractivity contribution in [3.05, 3.63) is 29.6 Å². The van der Waals surface area contributed by atoms with Crippen LogP contribution < -0.4 is 5.73 Å². The third-order valence-corrected chi connectivity index (χ3v) is 2.46. The summed E-state index contributed by atoms with van der Waals surface area (Å²) in [5, 5.41) is 0. The van der Waals surface area contributed by atoms with E-state index in [1.54, 1.807) is 0 Å². The summed E-state index contributed by atoms with van der Waals surface area (Å²) in [4.78, 5) is 4.55. The molecule has 0 radical (unpaired) electrons. The van der Waals surface area contributed by atoms with Crippen molar-refractivity contribution in [2.75, 3.05) is 5.73 Å². The number of fused-ring (bicyclic) bond motifs is 1. The molecule has 74 valence electrons. The Morgan fingerprint density at radius 2 is 2.14 bits per heavy atom. The van der Waals surface area contributed by atoms with E-state index >= 15 is 0 Å². The molecule has 2 heterocycles. The largest absolute Gasteiger partial charge is 0.383 e. The third kappa shape index (κ3) is 1.16. The summed E-state index contributed by atoms with van der Waals surface area (Å²) in [6, 6.07) is 4.04. The molecule has 0 unspecified atom stereocenters. The highest BCUT2D eigenvalue weighted by atomic mass is 15.1. The van der Waals surface area contributed by atoms with Gasteiger partial charge in [0.1, 0.15) is 11.5 Å². The Bertz CT molecular complexity index is 469. The first-order valence-corrected chi connectivity index (χ1v) is 4.84. The second-order valence-electron chi connectivity index (χ2n) is 3.92. The monoisotopic (exact) mass is 189 g/mol. The number of nitrogen functional groups attached to an aromatic ring is 1. The van der Waals surface area contributed by atoms with Crippen LogP contribution in [0.4, 0.5) is 5.82 Å². The molecule has 14 heavy (non-hydrogen) atoms. The molecule has 2 aromatic rings. The second-order valence-corrected chi connectivity index (χ2v) is 3.92. The van der Waals surface area contributed by atoms with E-state index in [9.17, 15) is 0 Å². The minimum Gasteiger partial charge on any atom is -0.383 e. The van der Waals surface area contributed by atoms with Crippen LogP contribution in [0.15, 0.2) is 18.3 Å². The van der Waals surface area contributed by atoms with Gasteiger partial charge in [-0.1, -0.05) is 19.9 Å². The zero-order valence-corrected chi connectivity index (χ0v) is 8.78. The number of aromatic nitrogens is 2. The van der Waals surface area contributed by atoms with E-state index in [2.05, 4.69) is 18.8 Å². The van der Waals surface area contributed by atoms with Crippen molar-refractivity contribution in [1.82, 2.24) is 9.38 Å². The Hall–Kier alpha value is -1.51. The average Bonchev–Trinajstić information content (AvgIpc) is 2.46. The Kier molecular flexibility index (Phi) is 1.95. The summed E-state index contributed by atoms with van der Waals surface area (Å²) in [7, 11) is 0. The van der Waals surface area contributed by atoms with Crippen molar-refractivity contribution in [2.45, 2.75) is 26.7 Å². The fourth-order valence-corrected chi connectivity index (χ4v) is 1.66. The number of rotatable bonds is 1. The zero-order valence-electron chi connectivity index (χ0n) is 8.78. The first-order chi connectivity index (χ1) is 6.61. The number of nitrogens with two attached hydrogens (primary N) is 1. The van der Waals surface area contributed by atoms with E-state index in [-0.39, 0.29) is 0 Å². The lowest BCUT2D eigenvalue weighted by Crippen LogP contribution is -1.97. The lowest BCUT2D eigenvalue weighted by molar-refractivity contribution is 0.838. The number of imidazole rings is 1. The van der Waals surface area contributed by atoms with Crippen molar-refractivity contribution in [3.8, 4) is 0 Å². The standard InChI is InChI=1S/C11H15N3/c1-7(2)9-10(12)14-6-4-5-8(3)11(14)13-9/h4-7H,12H2,1-3H3. The van der Waals surface area contributed by atoms with E-state index in [0.717, 1.165) is 22.7 Å². The molecule has 2 aromatic heterocycles. The predicted molar refractivity (Wildman–Crippen MR) is 58.4 cm³/mol. The van der Waals surface area contributed by atoms with E-state index in [4.69, 9.17) is 5.73 Å². The lowest BCUT2D eigenvalue weighted by atomic mass is 10.1. The van der Waals surface area contributed by atoms with Crippen molar-refractivity contribution in [2.24, 2.45) is 0 Å². The number of hydrogen-bond donors (Lipinski definition) is 1. The maximum absolute atomic E-state index is 6.01. The molecule has 2 rings (SSSR count). The molecule has 0 bridgehead atoms. The third-order valence-electron chi connectivity index (χ3n) is 2.46. The van der Waals surface area contributed by atoms with Gasteiger partial charge in [0.2, 0.25) is 0 Å². The summed E-state index contributed by atoms with van der Waals surface area (Å²) in [6.45, 7) is 6.26. The van der Waals surface area contributed by atoms with Gasteiger partial charge in [0.25, 0.3) is 0 Å². The molecule has 0 aliphatic carbocycles. The topological polar surface area (TPSA) is 43.3 Å². The van der Waals surface area contributed by atoms with Crippen LogP contribution in [-0.4, -0.2) is 9.38 Å². The van der Waals surface area contributed by atoms with Gasteiger partial charge in [-0.2, -0.15) is 0 Å². The molecule has 0 fully saturated rings. The smallest absolute Gasteiger partial charge is 0.141 e. The Morgan fingerprint density at radius 1 is 1.43 bits per heavy atom. The Morgan fingerprint density at radius 3 is 2.71 bits per heavy atom. The number of anilines is 1. The molecule has 0 amide bonds. The summed E-state index contributed by atoms with van der Waals surface area (Å²) >= 11 is 0. The number of nitrogens with zero attached hydrogens (tertiary/aromatic N) is 2. The first-order valence-electron chi connectivity index (χ1n) is 4.84. The minimum atomic E-state index is 0.370. The van der Waals surface area contributed by atoms with E-state index in [1.807, 2.05) is 29.7 Å². The van der Waals surface area contributed by atoms with Gasteiger partial charge in [-0.05, 0) is 24.5 Å². The molecule has 0 atom stereocenters. The Labute approximate surface area is 83.6 Å². The van der Waals surface area contributed by atoms with Gasteiger partial charge in [-0.15, -0.1) is 0 Å². The quantitative estimate of drug-likeness (QED) is 0.748. The first kappa shape index (κ1) is 9.06. The highest BCUT2D eigenvalue weighted by Gasteiger charge is 2.12. The average molecular weight is 189 g/mol. The van der Waals surface area contributed by atoms with E-state index in [1.165, 1.54) is 0 Å². The van der Waals surface area contributed by atoms with Crippen LogP contribution in [0.2, 0.25) is 0 Å². The van der Waals surface area contributed by atoms with E-state index in [0.29, 0.717) is 5.92 Å². The number of pyridine rings is 1. The number of hydrogen-bond acceptors (Lipinski definition) is 2. The molecule has 0 aliphatic rings. The fraction of sp³-hybridized carbons (Fsp3) is 0.364. The van der Waals surface area contributed by atoms with Crippen molar-refractivity contribution >= 4 is 11.5 Å². The Balaban J connectivity index is 2.80. The van der Waals surface area contributed by atoms with Gasteiger partial charge in [-0.25, -0.2) is 4.98 Å². The molecule has 0 saturated heterocycles. The summed E-state index contributed by atoms with van der Waals surface area (Å²) in [5.41, 5.74) is 9.12. The maximum atomic E-state index is 6.01. The highest BCUT2D eigenvalue weighted by Crippen LogP contribution is 2.23. The van der Waals surface area contributed by atoms with Gasteiger partial charge in [0, 0.05) is 6.20 Å². The maximum Gasteiger partial charge on any atom is 0.141 e. The van der Waals surface area contributed by atoms with Gasteiger partial charge >= 0.3 is 0 Å². The molecular formula is C11H15N3. The van der Waals surface area contributed by atoms with E-state index < -0.39 is 0 Å². The highest BCUT2D eigenvalue weighted by molar-refractivity contribution is 5.57. The van der Waals surface area contributed by atoms with Crippen LogP contribution in [0, 0.1) is 6.92 Å². The van der Waals surface area contributed by atoms with Crippen molar-refractivity contribution < 1.29 is 0 Å². The molecule has 2 N–H and O–H groups in total. The van der Waals surface area contributed by atoms with Crippen LogP contribution in [0.1, 0.15) is 31.0 Å². The van der Waals surface area contributed by atoms with Crippen molar-refractivity contribution in [1.29, 1.82) is 0 Å². The van der Waals surface area contributed by atoms with Crippen LogP contribution >= 0.6 is 0 Å². The lowest BCUT2D eigenvalue weighted by Gasteiger charge is -2.00. The van der Waals surface area contributed by atoms with Crippen LogP contribution in [-0.2, 0) is 0 Å². The summed E-state index contributed by atoms with van der Waals surface area (Å²) in [6.07, 6.45) is 1.95. The SMILES string of the molecule is Cc1cccn2c(N)c(C(C)C)nc12. The molecule has 0 spiro atoms. The molecule has 0 aromatic carbocycles. The van der Waals surface area contributed by atoms with Gasteiger partial charge in [0.15, 0.2) is 0 Å². The molecule has 3 heteroatoms. The summed E-state index contributed by atoms with van der Waals surface area (Å²) < 4.78 is 1.95.